The molecule has 1 aromatic carbocycles. The maximum atomic E-state index is 12.7. The molecule has 3 aliphatic rings. The van der Waals surface area contributed by atoms with Crippen LogP contribution in [0.25, 0.3) is 0 Å². The van der Waals surface area contributed by atoms with E-state index in [1.165, 1.54) is 20.2 Å². The number of ether oxygens (including phenoxy) is 1. The SMILES string of the molecule is CN(C)S(=O)(=O)c1ccccc1NC(=O)N1CC2C3C=CC(O3)C2C1. The van der Waals surface area contributed by atoms with Gasteiger partial charge >= 0.3 is 6.03 Å². The fourth-order valence-corrected chi connectivity index (χ4v) is 4.92. The van der Waals surface area contributed by atoms with Crippen molar-refractivity contribution in [2.75, 3.05) is 32.5 Å². The number of sulfonamides is 1. The van der Waals surface area contributed by atoms with Gasteiger partial charge in [0.2, 0.25) is 10.0 Å². The first-order valence-electron chi connectivity index (χ1n) is 8.29. The summed E-state index contributed by atoms with van der Waals surface area (Å²) in [5.41, 5.74) is 0.301. The molecular weight excluding hydrogens is 342 g/mol. The van der Waals surface area contributed by atoms with Crippen molar-refractivity contribution < 1.29 is 17.9 Å². The van der Waals surface area contributed by atoms with Crippen LogP contribution in [0.2, 0.25) is 0 Å². The van der Waals surface area contributed by atoms with E-state index in [-0.39, 0.29) is 23.1 Å². The topological polar surface area (TPSA) is 79.0 Å². The van der Waals surface area contributed by atoms with Crippen LogP contribution in [0.1, 0.15) is 0 Å². The summed E-state index contributed by atoms with van der Waals surface area (Å²) in [5.74, 6) is 0.669. The first kappa shape index (κ1) is 16.6. The molecule has 2 saturated heterocycles. The molecule has 2 amide bonds. The van der Waals surface area contributed by atoms with E-state index >= 15 is 0 Å². The predicted octanol–water partition coefficient (Wildman–Crippen LogP) is 1.35. The molecular formula is C17H21N3O4S. The first-order valence-corrected chi connectivity index (χ1v) is 9.73. The Balaban J connectivity index is 1.51. The van der Waals surface area contributed by atoms with Crippen LogP contribution in [-0.2, 0) is 14.8 Å². The summed E-state index contributed by atoms with van der Waals surface area (Å²) in [5, 5.41) is 2.77. The van der Waals surface area contributed by atoms with E-state index < -0.39 is 10.0 Å². The van der Waals surface area contributed by atoms with Gasteiger partial charge in [-0.3, -0.25) is 0 Å². The van der Waals surface area contributed by atoms with Gasteiger partial charge in [-0.1, -0.05) is 24.3 Å². The largest absolute Gasteiger partial charge is 0.366 e. The van der Waals surface area contributed by atoms with Gasteiger partial charge in [0, 0.05) is 39.0 Å². The van der Waals surface area contributed by atoms with Gasteiger partial charge < -0.3 is 15.0 Å². The molecule has 0 saturated carbocycles. The average molecular weight is 363 g/mol. The van der Waals surface area contributed by atoms with Gasteiger partial charge in [-0.05, 0) is 12.1 Å². The summed E-state index contributed by atoms with van der Waals surface area (Å²) >= 11 is 0. The van der Waals surface area contributed by atoms with E-state index in [1.54, 1.807) is 23.1 Å². The van der Waals surface area contributed by atoms with Crippen LogP contribution in [0.15, 0.2) is 41.3 Å². The number of urea groups is 1. The highest BCUT2D eigenvalue weighted by atomic mass is 32.2. The standard InChI is InChI=1S/C17H21N3O4S/c1-19(2)25(22,23)16-6-4-3-5-13(16)18-17(21)20-9-11-12(10-20)15-8-7-14(11)24-15/h3-8,11-12,14-15H,9-10H2,1-2H3,(H,18,21). The molecule has 25 heavy (non-hydrogen) atoms. The molecule has 4 atom stereocenters. The Morgan fingerprint density at radius 1 is 1.16 bits per heavy atom. The number of para-hydroxylation sites is 1. The third-order valence-electron chi connectivity index (χ3n) is 5.24. The molecule has 1 aromatic rings. The van der Waals surface area contributed by atoms with Gasteiger partial charge in [-0.15, -0.1) is 0 Å². The second kappa shape index (κ2) is 5.82. The van der Waals surface area contributed by atoms with E-state index in [9.17, 15) is 13.2 Å². The third-order valence-corrected chi connectivity index (χ3v) is 7.11. The molecule has 0 aromatic heterocycles. The Kier molecular flexibility index (Phi) is 3.86. The lowest BCUT2D eigenvalue weighted by Gasteiger charge is -2.21. The molecule has 3 heterocycles. The second-order valence-corrected chi connectivity index (χ2v) is 9.02. The minimum Gasteiger partial charge on any atom is -0.366 e. The molecule has 8 heteroatoms. The zero-order valence-electron chi connectivity index (χ0n) is 14.1. The number of nitrogens with one attached hydrogen (secondary N) is 1. The number of likely N-dealkylation sites (tertiary alicyclic amines) is 1. The number of hydrogen-bond acceptors (Lipinski definition) is 4. The monoisotopic (exact) mass is 363 g/mol. The lowest BCUT2D eigenvalue weighted by Crippen LogP contribution is -2.35. The van der Waals surface area contributed by atoms with Gasteiger partial charge in [0.05, 0.1) is 17.9 Å². The molecule has 2 fully saturated rings. The number of carbonyl (C=O) groups is 1. The zero-order chi connectivity index (χ0) is 17.8. The van der Waals surface area contributed by atoms with Crippen molar-refractivity contribution >= 4 is 21.7 Å². The van der Waals surface area contributed by atoms with E-state index in [1.807, 2.05) is 0 Å². The summed E-state index contributed by atoms with van der Waals surface area (Å²) < 4.78 is 31.9. The molecule has 3 aliphatic heterocycles. The summed E-state index contributed by atoms with van der Waals surface area (Å²) in [6.45, 7) is 1.26. The highest BCUT2D eigenvalue weighted by Crippen LogP contribution is 2.43. The van der Waals surface area contributed by atoms with Crippen LogP contribution in [0, 0.1) is 11.8 Å². The maximum Gasteiger partial charge on any atom is 0.321 e. The fraction of sp³-hybridized carbons (Fsp3) is 0.471. The number of fused-ring (bicyclic) bond motifs is 5. The number of anilines is 1. The Labute approximate surface area is 147 Å². The Hall–Kier alpha value is -1.90. The minimum absolute atomic E-state index is 0.0952. The molecule has 4 rings (SSSR count). The highest BCUT2D eigenvalue weighted by Gasteiger charge is 2.51. The number of rotatable bonds is 3. The molecule has 0 aliphatic carbocycles. The number of hydrogen-bond donors (Lipinski definition) is 1. The zero-order valence-corrected chi connectivity index (χ0v) is 14.9. The molecule has 2 bridgehead atoms. The van der Waals surface area contributed by atoms with Gasteiger partial charge in [0.25, 0.3) is 0 Å². The van der Waals surface area contributed by atoms with E-state index in [0.717, 1.165) is 4.31 Å². The van der Waals surface area contributed by atoms with Crippen LogP contribution in [0.4, 0.5) is 10.5 Å². The minimum atomic E-state index is -3.63. The molecule has 134 valence electrons. The van der Waals surface area contributed by atoms with Gasteiger partial charge in [-0.2, -0.15) is 0 Å². The van der Waals surface area contributed by atoms with Gasteiger partial charge in [0.15, 0.2) is 0 Å². The molecule has 7 nitrogen and oxygen atoms in total. The predicted molar refractivity (Wildman–Crippen MR) is 92.7 cm³/mol. The van der Waals surface area contributed by atoms with Crippen LogP contribution < -0.4 is 5.32 Å². The smallest absolute Gasteiger partial charge is 0.321 e. The van der Waals surface area contributed by atoms with Gasteiger partial charge in [0.1, 0.15) is 4.90 Å². The lowest BCUT2D eigenvalue weighted by atomic mass is 9.86. The van der Waals surface area contributed by atoms with Crippen LogP contribution in [0.3, 0.4) is 0 Å². The van der Waals surface area contributed by atoms with Crippen LogP contribution in [0.5, 0.6) is 0 Å². The Morgan fingerprint density at radius 3 is 2.36 bits per heavy atom. The van der Waals surface area contributed by atoms with Crippen molar-refractivity contribution in [3.63, 3.8) is 0 Å². The fourth-order valence-electron chi connectivity index (χ4n) is 3.88. The lowest BCUT2D eigenvalue weighted by molar-refractivity contribution is 0.0892. The third kappa shape index (κ3) is 2.65. The summed E-state index contributed by atoms with van der Waals surface area (Å²) in [6, 6.07) is 6.20. The number of carbonyl (C=O) groups excluding carboxylic acids is 1. The molecule has 1 N–H and O–H groups in total. The average Bonchev–Trinajstić information content (AvgIpc) is 3.28. The van der Waals surface area contributed by atoms with Crippen molar-refractivity contribution in [3.05, 3.63) is 36.4 Å². The van der Waals surface area contributed by atoms with E-state index in [2.05, 4.69) is 17.5 Å². The van der Waals surface area contributed by atoms with Crippen LogP contribution in [-0.4, -0.2) is 63.0 Å². The summed E-state index contributed by atoms with van der Waals surface area (Å²) in [6.07, 6.45) is 4.36. The molecule has 0 spiro atoms. The van der Waals surface area contributed by atoms with Crippen molar-refractivity contribution in [1.29, 1.82) is 0 Å². The van der Waals surface area contributed by atoms with Crippen LogP contribution >= 0.6 is 0 Å². The van der Waals surface area contributed by atoms with E-state index in [4.69, 9.17) is 4.74 Å². The van der Waals surface area contributed by atoms with Crippen molar-refractivity contribution in [3.8, 4) is 0 Å². The molecule has 4 unspecified atom stereocenters. The number of nitrogens with zero attached hydrogens (tertiary/aromatic N) is 2. The summed E-state index contributed by atoms with van der Waals surface area (Å²) in [4.78, 5) is 14.5. The maximum absolute atomic E-state index is 12.7. The number of benzene rings is 1. The van der Waals surface area contributed by atoms with Crippen molar-refractivity contribution in [2.24, 2.45) is 11.8 Å². The number of amides is 2. The Bertz CT molecular complexity index is 816. The first-order chi connectivity index (χ1) is 11.9. The second-order valence-electron chi connectivity index (χ2n) is 6.90. The summed E-state index contributed by atoms with van der Waals surface area (Å²) in [7, 11) is -0.688. The van der Waals surface area contributed by atoms with Crippen molar-refractivity contribution in [1.82, 2.24) is 9.21 Å². The Morgan fingerprint density at radius 2 is 1.76 bits per heavy atom. The highest BCUT2D eigenvalue weighted by molar-refractivity contribution is 7.89. The van der Waals surface area contributed by atoms with E-state index in [0.29, 0.717) is 30.6 Å². The molecule has 0 radical (unpaired) electrons. The quantitative estimate of drug-likeness (QED) is 0.823. The van der Waals surface area contributed by atoms with Crippen molar-refractivity contribution in [2.45, 2.75) is 17.1 Å². The normalized spacial score (nSPS) is 30.1. The van der Waals surface area contributed by atoms with Gasteiger partial charge in [-0.25, -0.2) is 17.5 Å².